The number of benzene rings is 1. The molecule has 0 bridgehead atoms. The molecular weight excluding hydrogens is 220 g/mol. The summed E-state index contributed by atoms with van der Waals surface area (Å²) in [6, 6.07) is 5.78. The van der Waals surface area contributed by atoms with Gasteiger partial charge in [0.25, 0.3) is 0 Å². The molecule has 3 N–H and O–H groups in total. The molecule has 5 heteroatoms. The number of aryl methyl sites for hydroxylation is 1. The monoisotopic (exact) mass is 236 g/mol. The van der Waals surface area contributed by atoms with Crippen molar-refractivity contribution in [3.05, 3.63) is 29.3 Å². The number of hydrogen-bond donors (Lipinski definition) is 2. The van der Waals surface area contributed by atoms with Crippen LogP contribution in [0.15, 0.2) is 18.2 Å². The summed E-state index contributed by atoms with van der Waals surface area (Å²) in [5, 5.41) is 2.43. The van der Waals surface area contributed by atoms with Gasteiger partial charge in [0.05, 0.1) is 7.11 Å². The van der Waals surface area contributed by atoms with Crippen LogP contribution in [-0.4, -0.2) is 25.5 Å². The zero-order valence-electron chi connectivity index (χ0n) is 9.95. The Morgan fingerprint density at radius 1 is 1.41 bits per heavy atom. The molecule has 0 radical (unpaired) electrons. The Labute approximate surface area is 99.9 Å². The van der Waals surface area contributed by atoms with Crippen molar-refractivity contribution < 1.29 is 14.3 Å². The Kier molecular flexibility index (Phi) is 4.51. The lowest BCUT2D eigenvalue weighted by Crippen LogP contribution is -2.37. The number of primary amides is 1. The third-order valence-corrected chi connectivity index (χ3v) is 2.38. The largest absolute Gasteiger partial charge is 0.496 e. The molecule has 1 aromatic rings. The summed E-state index contributed by atoms with van der Waals surface area (Å²) < 4.78 is 5.14. The molecule has 5 nitrogen and oxygen atoms in total. The Bertz CT molecular complexity index is 430. The van der Waals surface area contributed by atoms with Gasteiger partial charge in [-0.2, -0.15) is 0 Å². The van der Waals surface area contributed by atoms with Gasteiger partial charge in [0.15, 0.2) is 0 Å². The summed E-state index contributed by atoms with van der Waals surface area (Å²) in [5.74, 6) is -0.888. The van der Waals surface area contributed by atoms with E-state index in [0.717, 1.165) is 16.9 Å². The van der Waals surface area contributed by atoms with Gasteiger partial charge in [0.1, 0.15) is 5.75 Å². The lowest BCUT2D eigenvalue weighted by Gasteiger charge is -2.07. The van der Waals surface area contributed by atoms with E-state index in [1.807, 2.05) is 25.1 Å². The van der Waals surface area contributed by atoms with Crippen molar-refractivity contribution in [3.8, 4) is 5.75 Å². The van der Waals surface area contributed by atoms with Gasteiger partial charge in [0, 0.05) is 6.54 Å². The predicted molar refractivity (Wildman–Crippen MR) is 63.6 cm³/mol. The quantitative estimate of drug-likeness (QED) is 0.730. The molecule has 0 saturated carbocycles. The molecule has 2 amide bonds. The van der Waals surface area contributed by atoms with E-state index in [-0.39, 0.29) is 0 Å². The molecular formula is C12H16N2O3. The second-order valence-corrected chi connectivity index (χ2v) is 3.67. The molecule has 1 rings (SSSR count). The van der Waals surface area contributed by atoms with Crippen LogP contribution in [0.2, 0.25) is 0 Å². The number of carbonyl (C=O) groups excluding carboxylic acids is 2. The molecule has 0 fully saturated rings. The van der Waals surface area contributed by atoms with E-state index >= 15 is 0 Å². The standard InChI is InChI=1S/C12H16N2O3/c1-8-7-9(3-4-10(8)17-2)5-6-14-12(16)11(13)15/h3-4,7H,5-6H2,1-2H3,(H2,13,15)(H,14,16). The number of carbonyl (C=O) groups is 2. The van der Waals surface area contributed by atoms with E-state index in [9.17, 15) is 9.59 Å². The Morgan fingerprint density at radius 2 is 2.12 bits per heavy atom. The topological polar surface area (TPSA) is 81.4 Å². The van der Waals surface area contributed by atoms with Crippen molar-refractivity contribution in [2.45, 2.75) is 13.3 Å². The number of ether oxygens (including phenoxy) is 1. The van der Waals surface area contributed by atoms with E-state index in [1.165, 1.54) is 0 Å². The van der Waals surface area contributed by atoms with E-state index in [0.29, 0.717) is 13.0 Å². The van der Waals surface area contributed by atoms with Crippen molar-refractivity contribution >= 4 is 11.8 Å². The second kappa shape index (κ2) is 5.89. The number of nitrogens with two attached hydrogens (primary N) is 1. The number of hydrogen-bond acceptors (Lipinski definition) is 3. The maximum absolute atomic E-state index is 10.9. The smallest absolute Gasteiger partial charge is 0.309 e. The maximum atomic E-state index is 10.9. The molecule has 0 aromatic heterocycles. The minimum absolute atomic E-state index is 0.382. The summed E-state index contributed by atoms with van der Waals surface area (Å²) >= 11 is 0. The Morgan fingerprint density at radius 3 is 2.65 bits per heavy atom. The highest BCUT2D eigenvalue weighted by molar-refractivity contribution is 6.34. The molecule has 1 aromatic carbocycles. The third kappa shape index (κ3) is 3.79. The molecule has 0 atom stereocenters. The van der Waals surface area contributed by atoms with Crippen LogP contribution < -0.4 is 15.8 Å². The molecule has 0 aliphatic heterocycles. The molecule has 0 aliphatic rings. The van der Waals surface area contributed by atoms with Gasteiger partial charge in [-0.25, -0.2) is 0 Å². The lowest BCUT2D eigenvalue weighted by molar-refractivity contribution is -0.137. The van der Waals surface area contributed by atoms with Crippen LogP contribution in [0.4, 0.5) is 0 Å². The minimum atomic E-state index is -0.962. The molecule has 0 heterocycles. The molecule has 92 valence electrons. The average molecular weight is 236 g/mol. The molecule has 0 saturated heterocycles. The highest BCUT2D eigenvalue weighted by Gasteiger charge is 2.07. The molecule has 0 aliphatic carbocycles. The normalized spacial score (nSPS) is 9.76. The fourth-order valence-electron chi connectivity index (χ4n) is 1.50. The van der Waals surface area contributed by atoms with E-state index < -0.39 is 11.8 Å². The van der Waals surface area contributed by atoms with E-state index in [2.05, 4.69) is 5.32 Å². The van der Waals surface area contributed by atoms with Crippen molar-refractivity contribution in [2.24, 2.45) is 5.73 Å². The first-order valence-corrected chi connectivity index (χ1v) is 5.25. The van der Waals surface area contributed by atoms with Crippen molar-refractivity contribution in [1.82, 2.24) is 5.32 Å². The van der Waals surface area contributed by atoms with Crippen molar-refractivity contribution in [3.63, 3.8) is 0 Å². The number of rotatable bonds is 4. The van der Waals surface area contributed by atoms with Crippen LogP contribution >= 0.6 is 0 Å². The summed E-state index contributed by atoms with van der Waals surface area (Å²) in [5.41, 5.74) is 6.91. The number of methoxy groups -OCH3 is 1. The predicted octanol–water partition coefficient (Wildman–Crippen LogP) is 0.148. The van der Waals surface area contributed by atoms with Gasteiger partial charge in [-0.3, -0.25) is 9.59 Å². The lowest BCUT2D eigenvalue weighted by atomic mass is 10.1. The van der Waals surface area contributed by atoms with Crippen LogP contribution in [0, 0.1) is 6.92 Å². The first-order valence-electron chi connectivity index (χ1n) is 5.25. The summed E-state index contributed by atoms with van der Waals surface area (Å²) in [4.78, 5) is 21.4. The van der Waals surface area contributed by atoms with Gasteiger partial charge >= 0.3 is 11.8 Å². The summed E-state index contributed by atoms with van der Waals surface area (Å²) in [6.45, 7) is 2.33. The van der Waals surface area contributed by atoms with Gasteiger partial charge in [-0.1, -0.05) is 12.1 Å². The van der Waals surface area contributed by atoms with Crippen LogP contribution in [0.3, 0.4) is 0 Å². The van der Waals surface area contributed by atoms with Crippen molar-refractivity contribution in [2.75, 3.05) is 13.7 Å². The number of amides is 2. The van der Waals surface area contributed by atoms with E-state index in [1.54, 1.807) is 7.11 Å². The highest BCUT2D eigenvalue weighted by Crippen LogP contribution is 2.18. The number of nitrogens with one attached hydrogen (secondary N) is 1. The van der Waals surface area contributed by atoms with Crippen LogP contribution in [-0.2, 0) is 16.0 Å². The van der Waals surface area contributed by atoms with Gasteiger partial charge in [-0.15, -0.1) is 0 Å². The SMILES string of the molecule is COc1ccc(CCNC(=O)C(N)=O)cc1C. The van der Waals surface area contributed by atoms with Crippen LogP contribution in [0.1, 0.15) is 11.1 Å². The Hall–Kier alpha value is -2.04. The highest BCUT2D eigenvalue weighted by atomic mass is 16.5. The molecule has 17 heavy (non-hydrogen) atoms. The molecule has 0 spiro atoms. The first-order chi connectivity index (χ1) is 8.04. The fraction of sp³-hybridized carbons (Fsp3) is 0.333. The van der Waals surface area contributed by atoms with E-state index in [4.69, 9.17) is 10.5 Å². The summed E-state index contributed by atoms with van der Waals surface area (Å²) in [6.07, 6.45) is 0.643. The fourth-order valence-corrected chi connectivity index (χ4v) is 1.50. The average Bonchev–Trinajstić information content (AvgIpc) is 2.29. The van der Waals surface area contributed by atoms with Gasteiger partial charge in [-0.05, 0) is 30.5 Å². The maximum Gasteiger partial charge on any atom is 0.309 e. The van der Waals surface area contributed by atoms with Crippen LogP contribution in [0.25, 0.3) is 0 Å². The van der Waals surface area contributed by atoms with Gasteiger partial charge < -0.3 is 15.8 Å². The van der Waals surface area contributed by atoms with Crippen LogP contribution in [0.5, 0.6) is 5.75 Å². The zero-order valence-corrected chi connectivity index (χ0v) is 9.95. The van der Waals surface area contributed by atoms with Crippen molar-refractivity contribution in [1.29, 1.82) is 0 Å². The molecule has 0 unspecified atom stereocenters. The second-order valence-electron chi connectivity index (χ2n) is 3.67. The Balaban J connectivity index is 2.50. The third-order valence-electron chi connectivity index (χ3n) is 2.38. The summed E-state index contributed by atoms with van der Waals surface area (Å²) in [7, 11) is 1.62. The minimum Gasteiger partial charge on any atom is -0.496 e. The van der Waals surface area contributed by atoms with Gasteiger partial charge in [0.2, 0.25) is 0 Å². The zero-order chi connectivity index (χ0) is 12.8. The first kappa shape index (κ1) is 13.0.